The van der Waals surface area contributed by atoms with Gasteiger partial charge in [0.2, 0.25) is 0 Å². The summed E-state index contributed by atoms with van der Waals surface area (Å²) in [6.45, 7) is 7.74. The Kier molecular flexibility index (Phi) is 5.39. The summed E-state index contributed by atoms with van der Waals surface area (Å²) < 4.78 is 7.34. The molecular weight excluding hydrogens is 248 g/mol. The standard InChI is InChI=1S/C17H24N2O/c1-14-9-15(2)11-16(10-14)13-19-7-4-5-17(19)12-18-6-8-20-3/h4-5,7,9-11,18H,6,8,12-13H2,1-3H3. The van der Waals surface area contributed by atoms with Crippen LogP contribution in [-0.2, 0) is 17.8 Å². The van der Waals surface area contributed by atoms with E-state index in [4.69, 9.17) is 4.74 Å². The van der Waals surface area contributed by atoms with Crippen molar-refractivity contribution >= 4 is 0 Å². The molecule has 0 saturated heterocycles. The van der Waals surface area contributed by atoms with E-state index in [1.165, 1.54) is 22.4 Å². The van der Waals surface area contributed by atoms with Crippen LogP contribution in [0.25, 0.3) is 0 Å². The number of rotatable bonds is 7. The van der Waals surface area contributed by atoms with Crippen LogP contribution < -0.4 is 5.32 Å². The number of nitrogens with zero attached hydrogens (tertiary/aromatic N) is 1. The van der Waals surface area contributed by atoms with Gasteiger partial charge in [0.15, 0.2) is 0 Å². The molecule has 2 rings (SSSR count). The quantitative estimate of drug-likeness (QED) is 0.784. The molecule has 1 aromatic heterocycles. The zero-order valence-corrected chi connectivity index (χ0v) is 12.6. The number of aryl methyl sites for hydroxylation is 2. The maximum atomic E-state index is 5.04. The molecule has 0 fully saturated rings. The number of hydrogen-bond donors (Lipinski definition) is 1. The average molecular weight is 272 g/mol. The van der Waals surface area contributed by atoms with Crippen LogP contribution in [-0.4, -0.2) is 24.8 Å². The normalized spacial score (nSPS) is 10.9. The molecule has 2 aromatic rings. The van der Waals surface area contributed by atoms with Gasteiger partial charge in [-0.1, -0.05) is 29.3 Å². The van der Waals surface area contributed by atoms with Crippen LogP contribution in [0.3, 0.4) is 0 Å². The number of nitrogens with one attached hydrogen (secondary N) is 1. The maximum Gasteiger partial charge on any atom is 0.0587 e. The first kappa shape index (κ1) is 14.8. The number of methoxy groups -OCH3 is 1. The molecule has 0 bridgehead atoms. The lowest BCUT2D eigenvalue weighted by atomic mass is 10.1. The van der Waals surface area contributed by atoms with Gasteiger partial charge in [-0.05, 0) is 31.5 Å². The average Bonchev–Trinajstić information content (AvgIpc) is 2.81. The van der Waals surface area contributed by atoms with Crippen LogP contribution in [0.4, 0.5) is 0 Å². The molecule has 3 nitrogen and oxygen atoms in total. The first-order chi connectivity index (χ1) is 9.69. The largest absolute Gasteiger partial charge is 0.383 e. The lowest BCUT2D eigenvalue weighted by Crippen LogP contribution is -2.20. The first-order valence-corrected chi connectivity index (χ1v) is 7.10. The minimum atomic E-state index is 0.748. The zero-order chi connectivity index (χ0) is 14.4. The maximum absolute atomic E-state index is 5.04. The molecule has 0 aliphatic heterocycles. The smallest absolute Gasteiger partial charge is 0.0587 e. The van der Waals surface area contributed by atoms with Gasteiger partial charge in [-0.3, -0.25) is 0 Å². The van der Waals surface area contributed by atoms with Gasteiger partial charge in [0.05, 0.1) is 6.61 Å². The van der Waals surface area contributed by atoms with Crippen molar-refractivity contribution in [2.24, 2.45) is 0 Å². The summed E-state index contributed by atoms with van der Waals surface area (Å²) in [7, 11) is 1.73. The van der Waals surface area contributed by atoms with Crippen LogP contribution in [0.5, 0.6) is 0 Å². The highest BCUT2D eigenvalue weighted by Crippen LogP contribution is 2.12. The summed E-state index contributed by atoms with van der Waals surface area (Å²) in [4.78, 5) is 0. The molecule has 0 saturated carbocycles. The number of aromatic nitrogens is 1. The number of benzene rings is 1. The van der Waals surface area contributed by atoms with Crippen molar-refractivity contribution in [2.75, 3.05) is 20.3 Å². The van der Waals surface area contributed by atoms with Crippen LogP contribution >= 0.6 is 0 Å². The molecular formula is C17H24N2O. The zero-order valence-electron chi connectivity index (χ0n) is 12.6. The fourth-order valence-electron chi connectivity index (χ4n) is 2.51. The fraction of sp³-hybridized carbons (Fsp3) is 0.412. The fourth-order valence-corrected chi connectivity index (χ4v) is 2.51. The third-order valence-corrected chi connectivity index (χ3v) is 3.35. The molecule has 1 heterocycles. The van der Waals surface area contributed by atoms with Crippen molar-refractivity contribution in [1.29, 1.82) is 0 Å². The van der Waals surface area contributed by atoms with E-state index in [0.29, 0.717) is 0 Å². The van der Waals surface area contributed by atoms with Crippen molar-refractivity contribution in [2.45, 2.75) is 26.9 Å². The van der Waals surface area contributed by atoms with E-state index < -0.39 is 0 Å². The van der Waals surface area contributed by atoms with E-state index in [-0.39, 0.29) is 0 Å². The lowest BCUT2D eigenvalue weighted by molar-refractivity contribution is 0.199. The third-order valence-electron chi connectivity index (χ3n) is 3.35. The van der Waals surface area contributed by atoms with Crippen LogP contribution in [0.1, 0.15) is 22.4 Å². The Labute approximate surface area is 121 Å². The van der Waals surface area contributed by atoms with Crippen molar-refractivity contribution in [3.63, 3.8) is 0 Å². The Morgan fingerprint density at radius 1 is 1.15 bits per heavy atom. The van der Waals surface area contributed by atoms with Crippen molar-refractivity contribution in [3.05, 3.63) is 58.9 Å². The second-order valence-corrected chi connectivity index (χ2v) is 5.29. The molecule has 108 valence electrons. The Bertz CT molecular complexity index is 525. The van der Waals surface area contributed by atoms with Gasteiger partial charge in [-0.2, -0.15) is 0 Å². The highest BCUT2D eigenvalue weighted by atomic mass is 16.5. The Morgan fingerprint density at radius 2 is 1.90 bits per heavy atom. The molecule has 0 amide bonds. The summed E-state index contributed by atoms with van der Waals surface area (Å²) in [5.74, 6) is 0. The van der Waals surface area contributed by atoms with Gasteiger partial charge < -0.3 is 14.6 Å². The third kappa shape index (κ3) is 4.22. The topological polar surface area (TPSA) is 26.2 Å². The van der Waals surface area contributed by atoms with Crippen LogP contribution in [0.2, 0.25) is 0 Å². The monoisotopic (exact) mass is 272 g/mol. The van der Waals surface area contributed by atoms with Gasteiger partial charge in [0, 0.05) is 38.6 Å². The van der Waals surface area contributed by atoms with Gasteiger partial charge in [0.25, 0.3) is 0 Å². The number of hydrogen-bond acceptors (Lipinski definition) is 2. The summed E-state index contributed by atoms with van der Waals surface area (Å²) in [6, 6.07) is 11.0. The molecule has 1 aromatic carbocycles. The number of ether oxygens (including phenoxy) is 1. The Balaban J connectivity index is 2.00. The molecule has 0 radical (unpaired) electrons. The Hall–Kier alpha value is -1.58. The lowest BCUT2D eigenvalue weighted by Gasteiger charge is -2.11. The molecule has 0 aliphatic rings. The van der Waals surface area contributed by atoms with E-state index >= 15 is 0 Å². The molecule has 0 atom stereocenters. The molecule has 0 spiro atoms. The second-order valence-electron chi connectivity index (χ2n) is 5.29. The highest BCUT2D eigenvalue weighted by molar-refractivity contribution is 5.29. The predicted molar refractivity (Wildman–Crippen MR) is 83.0 cm³/mol. The van der Waals surface area contributed by atoms with E-state index in [1.54, 1.807) is 7.11 Å². The van der Waals surface area contributed by atoms with E-state index in [2.05, 4.69) is 60.3 Å². The summed E-state index contributed by atoms with van der Waals surface area (Å²) in [5, 5.41) is 3.39. The second kappa shape index (κ2) is 7.27. The Morgan fingerprint density at radius 3 is 2.60 bits per heavy atom. The van der Waals surface area contributed by atoms with Gasteiger partial charge >= 0.3 is 0 Å². The van der Waals surface area contributed by atoms with Crippen LogP contribution in [0, 0.1) is 13.8 Å². The van der Waals surface area contributed by atoms with E-state index in [0.717, 1.165) is 26.2 Å². The van der Waals surface area contributed by atoms with E-state index in [1.807, 2.05) is 0 Å². The molecule has 0 aliphatic carbocycles. The molecule has 3 heteroatoms. The first-order valence-electron chi connectivity index (χ1n) is 7.10. The minimum Gasteiger partial charge on any atom is -0.383 e. The molecule has 20 heavy (non-hydrogen) atoms. The summed E-state index contributed by atoms with van der Waals surface area (Å²) in [5.41, 5.74) is 5.32. The summed E-state index contributed by atoms with van der Waals surface area (Å²) >= 11 is 0. The summed E-state index contributed by atoms with van der Waals surface area (Å²) in [6.07, 6.45) is 2.14. The highest BCUT2D eigenvalue weighted by Gasteiger charge is 2.03. The SMILES string of the molecule is COCCNCc1cccn1Cc1cc(C)cc(C)c1. The van der Waals surface area contributed by atoms with Crippen molar-refractivity contribution in [1.82, 2.24) is 9.88 Å². The van der Waals surface area contributed by atoms with Gasteiger partial charge in [0.1, 0.15) is 0 Å². The van der Waals surface area contributed by atoms with E-state index in [9.17, 15) is 0 Å². The molecule has 0 unspecified atom stereocenters. The van der Waals surface area contributed by atoms with Crippen molar-refractivity contribution < 1.29 is 4.74 Å². The minimum absolute atomic E-state index is 0.748. The van der Waals surface area contributed by atoms with Crippen molar-refractivity contribution in [3.8, 4) is 0 Å². The van der Waals surface area contributed by atoms with Gasteiger partial charge in [-0.15, -0.1) is 0 Å². The predicted octanol–water partition coefficient (Wildman–Crippen LogP) is 2.89. The van der Waals surface area contributed by atoms with Crippen LogP contribution in [0.15, 0.2) is 36.5 Å². The van der Waals surface area contributed by atoms with Gasteiger partial charge in [-0.25, -0.2) is 0 Å². The molecule has 1 N–H and O–H groups in total.